The lowest BCUT2D eigenvalue weighted by molar-refractivity contribution is 0.669. The van der Waals surface area contributed by atoms with Crippen LogP contribution in [-0.2, 0) is 0 Å². The van der Waals surface area contributed by atoms with E-state index in [0.717, 1.165) is 0 Å². The fourth-order valence-electron chi connectivity index (χ4n) is 6.48. The second-order valence-corrected chi connectivity index (χ2v) is 11.3. The number of hydrogen-bond acceptors (Lipinski definition) is 1. The largest absolute Gasteiger partial charge is 0.456 e. The standard InChI is InChI=1S/C50H30O/c1-2-14-33-28-35(25-24-31(33)12-1)47-40-18-7-9-20-42(40)48(43-21-10-8-19-41(43)47)44-30-36(29-34-15-4-5-16-37(34)44)39-22-11-23-45-50(39)49-38-17-6-3-13-32(38)26-27-46(49)51-45/h1-30H/i1D,2D,3D,4D,5D,6D,7D,8D,9D,10D,11D,12D,13D,14D,15D,16D,17D,18D,19D,20D,21D,22D,23D,24D,25D,26D,27D,28D,29D,30D. The molecule has 0 saturated carbocycles. The lowest BCUT2D eigenvalue weighted by Gasteiger charge is -2.20. The molecule has 0 amide bonds. The van der Waals surface area contributed by atoms with Gasteiger partial charge in [0.25, 0.3) is 0 Å². The van der Waals surface area contributed by atoms with E-state index in [1.54, 1.807) is 0 Å². The highest BCUT2D eigenvalue weighted by molar-refractivity contribution is 6.26. The van der Waals surface area contributed by atoms with E-state index < -0.39 is 290 Å². The Morgan fingerprint density at radius 3 is 1.61 bits per heavy atom. The molecular weight excluding hydrogens is 617 g/mol. The van der Waals surface area contributed by atoms with Crippen LogP contribution in [0.2, 0.25) is 0 Å². The van der Waals surface area contributed by atoms with Gasteiger partial charge in [0, 0.05) is 10.8 Å². The summed E-state index contributed by atoms with van der Waals surface area (Å²) in [5.41, 5.74) is -6.36. The number of fused-ring (bicyclic) bond motifs is 9. The molecule has 11 rings (SSSR count). The van der Waals surface area contributed by atoms with E-state index in [0.29, 0.717) is 0 Å². The van der Waals surface area contributed by atoms with Gasteiger partial charge in [0.05, 0.1) is 41.1 Å². The van der Waals surface area contributed by atoms with Crippen LogP contribution >= 0.6 is 0 Å². The summed E-state index contributed by atoms with van der Waals surface area (Å²) >= 11 is 0. The van der Waals surface area contributed by atoms with E-state index in [9.17, 15) is 15.1 Å². The SMILES string of the molecule is [2H]c1c([2H])c(-c2c([2H])c(-c3c4c([2H])c([2H])c([2H])c([2H])c4c(-c4c([2H])c([2H])c5c([2H])c([2H])c([2H])c([2H])c5c4[2H])c4c([2H])c([2H])c([2H])c([2H])c34)c3c([2H])c([2H])c([2H])c([2H])c3c2[2H])c2c(oc3c([2H])c([2H])c4c([2H])c([2H])c([2H])c([2H])c4c32)c1[2H]. The Morgan fingerprint density at radius 2 is 0.863 bits per heavy atom. The summed E-state index contributed by atoms with van der Waals surface area (Å²) in [4.78, 5) is 0. The van der Waals surface area contributed by atoms with Gasteiger partial charge >= 0.3 is 0 Å². The molecule has 0 aliphatic carbocycles. The zero-order valence-corrected chi connectivity index (χ0v) is 25.4. The van der Waals surface area contributed by atoms with E-state index in [2.05, 4.69) is 0 Å². The maximum Gasteiger partial charge on any atom is 0.136 e. The molecule has 10 aromatic carbocycles. The first-order valence-electron chi connectivity index (χ1n) is 30.2. The van der Waals surface area contributed by atoms with Crippen LogP contribution in [0.25, 0.3) is 109 Å². The highest BCUT2D eigenvalue weighted by Crippen LogP contribution is 2.48. The molecule has 0 fully saturated rings. The van der Waals surface area contributed by atoms with E-state index >= 15 is 0 Å². The maximum atomic E-state index is 10.4. The van der Waals surface area contributed by atoms with Crippen LogP contribution in [0.15, 0.2) is 186 Å². The van der Waals surface area contributed by atoms with Gasteiger partial charge in [-0.05, 0) is 117 Å². The summed E-state index contributed by atoms with van der Waals surface area (Å²) in [7, 11) is 0. The Hall–Kier alpha value is -6.70. The van der Waals surface area contributed by atoms with Crippen LogP contribution in [0.3, 0.4) is 0 Å². The molecule has 236 valence electrons. The molecule has 0 unspecified atom stereocenters. The Bertz CT molecular complexity index is 4850. The number of benzene rings is 10. The fraction of sp³-hybridized carbons (Fsp3) is 0. The van der Waals surface area contributed by atoms with Crippen molar-refractivity contribution in [3.05, 3.63) is 181 Å². The average Bonchev–Trinajstić information content (AvgIpc) is 3.91. The van der Waals surface area contributed by atoms with Gasteiger partial charge in [-0.1, -0.05) is 151 Å². The second-order valence-electron chi connectivity index (χ2n) is 11.3. The van der Waals surface area contributed by atoms with Crippen molar-refractivity contribution in [2.75, 3.05) is 0 Å². The van der Waals surface area contributed by atoms with Gasteiger partial charge in [0.1, 0.15) is 11.2 Å². The van der Waals surface area contributed by atoms with Gasteiger partial charge in [0.2, 0.25) is 0 Å². The number of furan rings is 1. The summed E-state index contributed by atoms with van der Waals surface area (Å²) < 4.78 is 281. The lowest BCUT2D eigenvalue weighted by atomic mass is 9.83. The summed E-state index contributed by atoms with van der Waals surface area (Å²) in [5.74, 6) is 0. The first kappa shape index (κ1) is 11.7. The third kappa shape index (κ3) is 4.22. The normalized spacial score (nSPS) is 20.2. The Balaban J connectivity index is 1.50. The molecular formula is C50H30O. The number of hydrogen-bond donors (Lipinski definition) is 0. The van der Waals surface area contributed by atoms with Crippen molar-refractivity contribution in [3.8, 4) is 33.4 Å². The van der Waals surface area contributed by atoms with Crippen LogP contribution in [0.1, 0.15) is 41.1 Å². The summed E-state index contributed by atoms with van der Waals surface area (Å²) in [6.45, 7) is 0. The monoisotopic (exact) mass is 676 g/mol. The van der Waals surface area contributed by atoms with Crippen LogP contribution in [0.4, 0.5) is 0 Å². The van der Waals surface area contributed by atoms with Gasteiger partial charge in [0.15, 0.2) is 0 Å². The molecule has 0 N–H and O–H groups in total. The van der Waals surface area contributed by atoms with Crippen molar-refractivity contribution in [1.82, 2.24) is 0 Å². The lowest BCUT2D eigenvalue weighted by Crippen LogP contribution is -1.92. The predicted molar refractivity (Wildman–Crippen MR) is 218 cm³/mol. The Kier molecular flexibility index (Phi) is 2.50. The summed E-state index contributed by atoms with van der Waals surface area (Å²) in [5, 5.41) is -8.35. The zero-order valence-electron chi connectivity index (χ0n) is 55.4. The molecule has 0 saturated heterocycles. The van der Waals surface area contributed by atoms with Gasteiger partial charge in [-0.25, -0.2) is 0 Å². The van der Waals surface area contributed by atoms with Crippen molar-refractivity contribution in [1.29, 1.82) is 0 Å². The van der Waals surface area contributed by atoms with Gasteiger partial charge < -0.3 is 4.42 Å². The minimum Gasteiger partial charge on any atom is -0.456 e. The zero-order chi connectivity index (χ0) is 59.6. The van der Waals surface area contributed by atoms with Crippen LogP contribution in [0, 0.1) is 0 Å². The van der Waals surface area contributed by atoms with Crippen molar-refractivity contribution in [2.45, 2.75) is 0 Å². The van der Waals surface area contributed by atoms with Crippen molar-refractivity contribution >= 4 is 75.8 Å². The summed E-state index contributed by atoms with van der Waals surface area (Å²) in [6, 6.07) is -29.0. The van der Waals surface area contributed by atoms with E-state index in [4.69, 9.17) is 30.5 Å². The molecule has 0 atom stereocenters. The van der Waals surface area contributed by atoms with Gasteiger partial charge in [-0.2, -0.15) is 0 Å². The minimum absolute atomic E-state index is 0.490. The molecule has 11 aromatic rings. The first-order chi connectivity index (χ1) is 37.8. The molecule has 1 nitrogen and oxygen atoms in total. The first-order valence-corrected chi connectivity index (χ1v) is 15.2. The molecule has 0 bridgehead atoms. The highest BCUT2D eigenvalue weighted by Gasteiger charge is 2.21. The topological polar surface area (TPSA) is 13.1 Å². The predicted octanol–water partition coefficient (Wildman–Crippen LogP) is 14.4. The Labute approximate surface area is 336 Å². The third-order valence-corrected chi connectivity index (χ3v) is 8.57. The van der Waals surface area contributed by atoms with Crippen molar-refractivity contribution < 1.29 is 45.5 Å². The molecule has 1 heteroatoms. The quantitative estimate of drug-likeness (QED) is 0.170. The molecule has 51 heavy (non-hydrogen) atoms. The maximum absolute atomic E-state index is 10.4. The molecule has 1 aromatic heterocycles. The summed E-state index contributed by atoms with van der Waals surface area (Å²) in [6.07, 6.45) is 0. The van der Waals surface area contributed by atoms with Crippen LogP contribution in [-0.4, -0.2) is 0 Å². The van der Waals surface area contributed by atoms with Crippen molar-refractivity contribution in [2.24, 2.45) is 0 Å². The molecule has 0 spiro atoms. The molecule has 0 aliphatic rings. The third-order valence-electron chi connectivity index (χ3n) is 8.57. The number of rotatable bonds is 3. The van der Waals surface area contributed by atoms with Crippen LogP contribution < -0.4 is 0 Å². The molecule has 0 aliphatic heterocycles. The van der Waals surface area contributed by atoms with Crippen molar-refractivity contribution in [3.63, 3.8) is 0 Å². The fourth-order valence-corrected chi connectivity index (χ4v) is 6.48. The molecule has 0 radical (unpaired) electrons. The minimum atomic E-state index is -1.14. The van der Waals surface area contributed by atoms with Crippen LogP contribution in [0.5, 0.6) is 0 Å². The highest BCUT2D eigenvalue weighted by atomic mass is 16.3. The van der Waals surface area contributed by atoms with E-state index in [1.807, 2.05) is 0 Å². The average molecular weight is 677 g/mol. The smallest absolute Gasteiger partial charge is 0.136 e. The Morgan fingerprint density at radius 1 is 0.314 bits per heavy atom. The van der Waals surface area contributed by atoms with E-state index in [1.165, 1.54) is 0 Å². The van der Waals surface area contributed by atoms with Gasteiger partial charge in [-0.15, -0.1) is 0 Å². The second kappa shape index (κ2) is 10.9. The van der Waals surface area contributed by atoms with Gasteiger partial charge in [-0.3, -0.25) is 0 Å². The molecule has 1 heterocycles. The van der Waals surface area contributed by atoms with E-state index in [-0.39, 0.29) is 0 Å².